The molecule has 0 spiro atoms. The Balaban J connectivity index is 2.24. The molecule has 1 rings (SSSR count). The highest BCUT2D eigenvalue weighted by Crippen LogP contribution is 2.21. The van der Waals surface area contributed by atoms with Gasteiger partial charge in [-0.15, -0.1) is 0 Å². The first-order chi connectivity index (χ1) is 11.0. The van der Waals surface area contributed by atoms with Crippen molar-refractivity contribution in [3.05, 3.63) is 0 Å². The number of unbranched alkanes of at least 4 members (excludes halogenated alkanes) is 4. The second kappa shape index (κ2) is 10.8. The summed E-state index contributed by atoms with van der Waals surface area (Å²) in [5.74, 6) is 0. The Bertz CT molecular complexity index is 340. The molecular weight excluding hydrogens is 306 g/mol. The fourth-order valence-electron chi connectivity index (χ4n) is 2.38. The van der Waals surface area contributed by atoms with Gasteiger partial charge in [0.2, 0.25) is 0 Å². The standard InChI is InChI=1S/C15H29NO7/c1-3-4-5-6-7-8-16-15(20)22-9-10-11(17)12(18)13(19)14(21-2)23-10/h10-14,17-19H,3-9H2,1-2H3,(H,16,20)/t10-,11-,12-,13-,14+/m0/s1. The Morgan fingerprint density at radius 3 is 2.43 bits per heavy atom. The van der Waals surface area contributed by atoms with Crippen molar-refractivity contribution < 1.29 is 34.3 Å². The lowest BCUT2D eigenvalue weighted by Crippen LogP contribution is -2.59. The van der Waals surface area contributed by atoms with Gasteiger partial charge in [0.1, 0.15) is 31.0 Å². The maximum Gasteiger partial charge on any atom is 0.407 e. The van der Waals surface area contributed by atoms with Gasteiger partial charge in [0.15, 0.2) is 6.29 Å². The zero-order chi connectivity index (χ0) is 17.2. The Hall–Kier alpha value is -0.930. The number of carbonyl (C=O) groups is 1. The van der Waals surface area contributed by atoms with Crippen molar-refractivity contribution in [1.82, 2.24) is 5.32 Å². The summed E-state index contributed by atoms with van der Waals surface area (Å²) in [4.78, 5) is 11.6. The number of rotatable bonds is 9. The van der Waals surface area contributed by atoms with Gasteiger partial charge in [-0.2, -0.15) is 0 Å². The molecule has 8 heteroatoms. The Kier molecular flexibility index (Phi) is 9.42. The van der Waals surface area contributed by atoms with Gasteiger partial charge in [-0.1, -0.05) is 32.6 Å². The molecule has 23 heavy (non-hydrogen) atoms. The molecule has 0 aromatic carbocycles. The van der Waals surface area contributed by atoms with Crippen LogP contribution in [-0.4, -0.2) is 72.4 Å². The first-order valence-corrected chi connectivity index (χ1v) is 8.14. The molecule has 8 nitrogen and oxygen atoms in total. The highest BCUT2D eigenvalue weighted by atomic mass is 16.7. The molecule has 0 saturated carbocycles. The molecule has 0 radical (unpaired) electrons. The lowest BCUT2D eigenvalue weighted by molar-refractivity contribution is -0.294. The predicted molar refractivity (Wildman–Crippen MR) is 81.8 cm³/mol. The van der Waals surface area contributed by atoms with E-state index in [0.717, 1.165) is 19.3 Å². The van der Waals surface area contributed by atoms with Gasteiger partial charge in [-0.05, 0) is 6.42 Å². The maximum absolute atomic E-state index is 11.6. The van der Waals surface area contributed by atoms with Crippen LogP contribution < -0.4 is 5.32 Å². The first kappa shape index (κ1) is 20.1. The first-order valence-electron chi connectivity index (χ1n) is 8.14. The highest BCUT2D eigenvalue weighted by Gasteiger charge is 2.44. The van der Waals surface area contributed by atoms with Crippen molar-refractivity contribution in [2.45, 2.75) is 69.7 Å². The molecule has 4 N–H and O–H groups in total. The fourth-order valence-corrected chi connectivity index (χ4v) is 2.38. The summed E-state index contributed by atoms with van der Waals surface area (Å²) in [5, 5.41) is 31.8. The monoisotopic (exact) mass is 335 g/mol. The molecule has 1 saturated heterocycles. The van der Waals surface area contributed by atoms with Crippen LogP contribution in [0.4, 0.5) is 4.79 Å². The van der Waals surface area contributed by atoms with Gasteiger partial charge in [0.05, 0.1) is 0 Å². The van der Waals surface area contributed by atoms with E-state index in [1.165, 1.54) is 20.0 Å². The minimum absolute atomic E-state index is 0.244. The van der Waals surface area contributed by atoms with Crippen molar-refractivity contribution in [1.29, 1.82) is 0 Å². The number of methoxy groups -OCH3 is 1. The molecule has 5 atom stereocenters. The van der Waals surface area contributed by atoms with Gasteiger partial charge in [0.25, 0.3) is 0 Å². The maximum atomic E-state index is 11.6. The molecule has 1 fully saturated rings. The molecule has 0 aromatic rings. The second-order valence-electron chi connectivity index (χ2n) is 5.69. The molecule has 0 aliphatic carbocycles. The van der Waals surface area contributed by atoms with E-state index in [1.807, 2.05) is 0 Å². The molecule has 1 aliphatic heterocycles. The zero-order valence-corrected chi connectivity index (χ0v) is 13.8. The van der Waals surface area contributed by atoms with Crippen LogP contribution >= 0.6 is 0 Å². The van der Waals surface area contributed by atoms with Gasteiger partial charge in [-0.3, -0.25) is 0 Å². The number of hydrogen-bond donors (Lipinski definition) is 4. The predicted octanol–water partition coefficient (Wildman–Crippen LogP) is 0.137. The van der Waals surface area contributed by atoms with Crippen LogP contribution in [0.15, 0.2) is 0 Å². The van der Waals surface area contributed by atoms with Crippen molar-refractivity contribution in [3.63, 3.8) is 0 Å². The van der Waals surface area contributed by atoms with E-state index < -0.39 is 36.8 Å². The number of ether oxygens (including phenoxy) is 3. The molecule has 0 aromatic heterocycles. The van der Waals surface area contributed by atoms with Crippen molar-refractivity contribution in [3.8, 4) is 0 Å². The van der Waals surface area contributed by atoms with Crippen LogP contribution in [0.3, 0.4) is 0 Å². The summed E-state index contributed by atoms with van der Waals surface area (Å²) in [7, 11) is 1.31. The van der Waals surface area contributed by atoms with E-state index in [0.29, 0.717) is 6.54 Å². The lowest BCUT2D eigenvalue weighted by atomic mass is 9.99. The smallest absolute Gasteiger partial charge is 0.407 e. The molecule has 136 valence electrons. The Morgan fingerprint density at radius 2 is 1.78 bits per heavy atom. The third-order valence-corrected chi connectivity index (χ3v) is 3.83. The summed E-state index contributed by atoms with van der Waals surface area (Å²) in [6, 6.07) is 0. The minimum Gasteiger partial charge on any atom is -0.447 e. The number of amides is 1. The van der Waals surface area contributed by atoms with Gasteiger partial charge >= 0.3 is 6.09 Å². The topological polar surface area (TPSA) is 117 Å². The average molecular weight is 335 g/mol. The number of alkyl carbamates (subject to hydrolysis) is 1. The largest absolute Gasteiger partial charge is 0.447 e. The van der Waals surface area contributed by atoms with E-state index in [1.54, 1.807) is 0 Å². The highest BCUT2D eigenvalue weighted by molar-refractivity contribution is 5.67. The minimum atomic E-state index is -1.43. The summed E-state index contributed by atoms with van der Waals surface area (Å²) in [6.45, 7) is 2.42. The van der Waals surface area contributed by atoms with Crippen LogP contribution in [0.5, 0.6) is 0 Å². The molecular formula is C15H29NO7. The van der Waals surface area contributed by atoms with E-state index >= 15 is 0 Å². The van der Waals surface area contributed by atoms with Gasteiger partial charge in [0, 0.05) is 13.7 Å². The number of aliphatic hydroxyl groups is 3. The van der Waals surface area contributed by atoms with Crippen LogP contribution in [0.25, 0.3) is 0 Å². The average Bonchev–Trinajstić information content (AvgIpc) is 2.55. The fraction of sp³-hybridized carbons (Fsp3) is 0.933. The lowest BCUT2D eigenvalue weighted by Gasteiger charge is -2.39. The number of carbonyl (C=O) groups excluding carboxylic acids is 1. The second-order valence-corrected chi connectivity index (χ2v) is 5.69. The zero-order valence-electron chi connectivity index (χ0n) is 13.8. The van der Waals surface area contributed by atoms with Crippen LogP contribution in [-0.2, 0) is 14.2 Å². The molecule has 0 unspecified atom stereocenters. The Labute approximate surface area is 136 Å². The summed E-state index contributed by atoms with van der Waals surface area (Å²) >= 11 is 0. The molecule has 1 amide bonds. The third-order valence-electron chi connectivity index (χ3n) is 3.83. The van der Waals surface area contributed by atoms with E-state index in [4.69, 9.17) is 14.2 Å². The van der Waals surface area contributed by atoms with Crippen molar-refractivity contribution >= 4 is 6.09 Å². The summed E-state index contributed by atoms with van der Waals surface area (Å²) in [5.41, 5.74) is 0. The van der Waals surface area contributed by atoms with Crippen LogP contribution in [0.1, 0.15) is 39.0 Å². The molecule has 0 bridgehead atoms. The Morgan fingerprint density at radius 1 is 1.09 bits per heavy atom. The summed E-state index contributed by atoms with van der Waals surface area (Å²) < 4.78 is 15.1. The van der Waals surface area contributed by atoms with Crippen molar-refractivity contribution in [2.75, 3.05) is 20.3 Å². The van der Waals surface area contributed by atoms with Crippen molar-refractivity contribution in [2.24, 2.45) is 0 Å². The third kappa shape index (κ3) is 6.60. The van der Waals surface area contributed by atoms with E-state index in [2.05, 4.69) is 12.2 Å². The SMILES string of the molecule is CCCCCCCNC(=O)OC[C@@H]1O[C@@H](OC)[C@@H](O)[C@@H](O)[C@H]1O. The number of nitrogens with one attached hydrogen (secondary N) is 1. The van der Waals surface area contributed by atoms with E-state index in [9.17, 15) is 20.1 Å². The summed E-state index contributed by atoms with van der Waals surface area (Å²) in [6.07, 6.45) is -1.35. The normalized spacial score (nSPS) is 30.9. The molecule has 1 heterocycles. The molecule has 1 aliphatic rings. The number of aliphatic hydroxyl groups excluding tert-OH is 3. The quantitative estimate of drug-likeness (QED) is 0.443. The van der Waals surface area contributed by atoms with Crippen LogP contribution in [0.2, 0.25) is 0 Å². The van der Waals surface area contributed by atoms with E-state index in [-0.39, 0.29) is 6.61 Å². The van der Waals surface area contributed by atoms with Crippen LogP contribution in [0, 0.1) is 0 Å². The van der Waals surface area contributed by atoms with Gasteiger partial charge < -0.3 is 34.8 Å². The number of hydrogen-bond acceptors (Lipinski definition) is 7. The van der Waals surface area contributed by atoms with Gasteiger partial charge in [-0.25, -0.2) is 4.79 Å².